The summed E-state index contributed by atoms with van der Waals surface area (Å²) in [6, 6.07) is 7.40. The SMILES string of the molecule is CNC(C)C(=O)N[C@H](C(=O)N1CCCC1c1cc(-n2ccc3cc(F)ccc32)nc(C)n1)C1CCCCC1. The molecule has 3 heterocycles. The Kier molecular flexibility index (Phi) is 7.74. The van der Waals surface area contributed by atoms with E-state index in [2.05, 4.69) is 15.6 Å². The molecule has 0 radical (unpaired) electrons. The van der Waals surface area contributed by atoms with Crippen LogP contribution in [0.15, 0.2) is 36.5 Å². The quantitative estimate of drug-likeness (QED) is 0.487. The molecule has 2 N–H and O–H groups in total. The first-order chi connectivity index (χ1) is 18.4. The summed E-state index contributed by atoms with van der Waals surface area (Å²) in [6.07, 6.45) is 8.79. The van der Waals surface area contributed by atoms with Crippen LogP contribution in [0.5, 0.6) is 0 Å². The summed E-state index contributed by atoms with van der Waals surface area (Å²) in [5.74, 6) is 0.992. The Balaban J connectivity index is 1.45. The summed E-state index contributed by atoms with van der Waals surface area (Å²) in [5, 5.41) is 6.87. The normalized spacial score (nSPS) is 20.0. The van der Waals surface area contributed by atoms with Gasteiger partial charge in [0.15, 0.2) is 0 Å². The second-order valence-electron chi connectivity index (χ2n) is 10.7. The number of benzene rings is 1. The van der Waals surface area contributed by atoms with E-state index < -0.39 is 6.04 Å². The number of carbonyl (C=O) groups excluding carboxylic acids is 2. The van der Waals surface area contributed by atoms with Gasteiger partial charge in [-0.15, -0.1) is 0 Å². The number of nitrogens with one attached hydrogen (secondary N) is 2. The minimum atomic E-state index is -0.537. The van der Waals surface area contributed by atoms with E-state index in [-0.39, 0.29) is 35.6 Å². The van der Waals surface area contributed by atoms with Gasteiger partial charge < -0.3 is 20.1 Å². The van der Waals surface area contributed by atoms with Gasteiger partial charge in [-0.3, -0.25) is 9.59 Å². The molecule has 202 valence electrons. The minimum Gasteiger partial charge on any atom is -0.343 e. The van der Waals surface area contributed by atoms with Crippen LogP contribution < -0.4 is 10.6 Å². The van der Waals surface area contributed by atoms with Gasteiger partial charge in [-0.25, -0.2) is 14.4 Å². The first-order valence-electron chi connectivity index (χ1n) is 13.8. The van der Waals surface area contributed by atoms with Crippen molar-refractivity contribution in [2.45, 2.75) is 76.9 Å². The zero-order chi connectivity index (χ0) is 26.8. The highest BCUT2D eigenvalue weighted by molar-refractivity contribution is 5.90. The molecule has 9 heteroatoms. The molecule has 0 spiro atoms. The molecule has 1 saturated heterocycles. The molecule has 1 aliphatic carbocycles. The molecule has 2 aromatic heterocycles. The number of likely N-dealkylation sites (tertiary alicyclic amines) is 1. The fourth-order valence-electron chi connectivity index (χ4n) is 5.96. The summed E-state index contributed by atoms with van der Waals surface area (Å²) in [7, 11) is 1.75. The number of amides is 2. The van der Waals surface area contributed by atoms with Crippen LogP contribution in [0.2, 0.25) is 0 Å². The van der Waals surface area contributed by atoms with Crippen LogP contribution >= 0.6 is 0 Å². The number of aryl methyl sites for hydroxylation is 1. The molecule has 1 saturated carbocycles. The van der Waals surface area contributed by atoms with Gasteiger partial charge >= 0.3 is 0 Å². The number of likely N-dealkylation sites (N-methyl/N-ethyl adjacent to an activating group) is 1. The zero-order valence-corrected chi connectivity index (χ0v) is 22.4. The maximum atomic E-state index is 14.1. The monoisotopic (exact) mass is 520 g/mol. The van der Waals surface area contributed by atoms with E-state index in [1.165, 1.54) is 18.6 Å². The van der Waals surface area contributed by atoms with Crippen LogP contribution in [0.1, 0.15) is 69.4 Å². The highest BCUT2D eigenvalue weighted by Gasteiger charge is 2.39. The number of halogens is 1. The smallest absolute Gasteiger partial charge is 0.246 e. The number of hydrogen-bond donors (Lipinski definition) is 2. The molecule has 0 bridgehead atoms. The molecule has 1 aromatic carbocycles. The van der Waals surface area contributed by atoms with Crippen LogP contribution in [0, 0.1) is 18.7 Å². The van der Waals surface area contributed by atoms with E-state index in [4.69, 9.17) is 4.98 Å². The molecule has 38 heavy (non-hydrogen) atoms. The molecule has 2 fully saturated rings. The third kappa shape index (κ3) is 5.29. The van der Waals surface area contributed by atoms with E-state index in [1.807, 2.05) is 34.7 Å². The number of fused-ring (bicyclic) bond motifs is 1. The predicted octanol–water partition coefficient (Wildman–Crippen LogP) is 4.20. The van der Waals surface area contributed by atoms with Gasteiger partial charge in [0.25, 0.3) is 0 Å². The third-order valence-electron chi connectivity index (χ3n) is 8.13. The van der Waals surface area contributed by atoms with Crippen molar-refractivity contribution in [3.05, 3.63) is 53.9 Å². The molecule has 2 amide bonds. The van der Waals surface area contributed by atoms with E-state index >= 15 is 0 Å². The fourth-order valence-corrected chi connectivity index (χ4v) is 5.96. The Morgan fingerprint density at radius 1 is 1.05 bits per heavy atom. The van der Waals surface area contributed by atoms with Crippen LogP contribution in [-0.2, 0) is 9.59 Å². The zero-order valence-electron chi connectivity index (χ0n) is 22.4. The standard InChI is InChI=1S/C29H37FN6O2/c1-18(31-3)28(37)34-27(20-8-5-4-6-9-20)29(38)36-14-7-10-25(36)23-17-26(33-19(2)32-23)35-15-13-21-16-22(30)11-12-24(21)35/h11-13,15-18,20,25,27,31H,4-10,14H2,1-3H3,(H,34,37)/t18?,25?,27-/m0/s1. The minimum absolute atomic E-state index is 0.0178. The van der Waals surface area contributed by atoms with Gasteiger partial charge in [0.05, 0.1) is 23.3 Å². The lowest BCUT2D eigenvalue weighted by molar-refractivity contribution is -0.139. The summed E-state index contributed by atoms with van der Waals surface area (Å²) in [6.45, 7) is 4.29. The third-order valence-corrected chi connectivity index (χ3v) is 8.13. The molecule has 2 aliphatic rings. The van der Waals surface area contributed by atoms with Gasteiger partial charge in [-0.1, -0.05) is 19.3 Å². The highest BCUT2D eigenvalue weighted by Crippen LogP contribution is 2.35. The van der Waals surface area contributed by atoms with Crippen molar-refractivity contribution in [2.24, 2.45) is 5.92 Å². The molecule has 1 aliphatic heterocycles. The van der Waals surface area contributed by atoms with Crippen molar-refractivity contribution < 1.29 is 14.0 Å². The van der Waals surface area contributed by atoms with Crippen molar-refractivity contribution in [3.63, 3.8) is 0 Å². The van der Waals surface area contributed by atoms with E-state index in [9.17, 15) is 14.0 Å². The van der Waals surface area contributed by atoms with Crippen molar-refractivity contribution in [3.8, 4) is 5.82 Å². The average molecular weight is 521 g/mol. The summed E-state index contributed by atoms with van der Waals surface area (Å²) in [5.41, 5.74) is 1.65. The summed E-state index contributed by atoms with van der Waals surface area (Å²) >= 11 is 0. The Morgan fingerprint density at radius 2 is 1.84 bits per heavy atom. The van der Waals surface area contributed by atoms with E-state index in [0.717, 1.165) is 55.1 Å². The maximum Gasteiger partial charge on any atom is 0.246 e. The molecule has 3 aromatic rings. The molecule has 8 nitrogen and oxygen atoms in total. The Hall–Kier alpha value is -3.33. The maximum absolute atomic E-state index is 14.1. The van der Waals surface area contributed by atoms with Crippen molar-refractivity contribution in [1.29, 1.82) is 0 Å². The predicted molar refractivity (Wildman–Crippen MR) is 144 cm³/mol. The molecule has 5 rings (SSSR count). The lowest BCUT2D eigenvalue weighted by Crippen LogP contribution is -2.55. The number of hydrogen-bond acceptors (Lipinski definition) is 5. The van der Waals surface area contributed by atoms with E-state index in [1.54, 1.807) is 20.0 Å². The Labute approximate surface area is 223 Å². The van der Waals surface area contributed by atoms with Gasteiger partial charge in [-0.2, -0.15) is 0 Å². The molecule has 2 unspecified atom stereocenters. The van der Waals surface area contributed by atoms with Crippen LogP contribution in [0.4, 0.5) is 4.39 Å². The fraction of sp³-hybridized carbons (Fsp3) is 0.517. The molecule has 3 atom stereocenters. The largest absolute Gasteiger partial charge is 0.343 e. The van der Waals surface area contributed by atoms with Crippen LogP contribution in [-0.4, -0.2) is 56.9 Å². The number of carbonyl (C=O) groups is 2. The Bertz CT molecular complexity index is 1320. The van der Waals surface area contributed by atoms with E-state index in [0.29, 0.717) is 18.2 Å². The summed E-state index contributed by atoms with van der Waals surface area (Å²) in [4.78, 5) is 38.3. The number of nitrogens with zero attached hydrogens (tertiary/aromatic N) is 4. The topological polar surface area (TPSA) is 92.2 Å². The van der Waals surface area contributed by atoms with Crippen molar-refractivity contribution >= 4 is 22.7 Å². The number of rotatable bonds is 7. The lowest BCUT2D eigenvalue weighted by atomic mass is 9.83. The van der Waals surface area contributed by atoms with Gasteiger partial charge in [0.1, 0.15) is 23.5 Å². The number of aromatic nitrogens is 3. The lowest BCUT2D eigenvalue weighted by Gasteiger charge is -2.35. The molecular weight excluding hydrogens is 483 g/mol. The average Bonchev–Trinajstić information content (AvgIpc) is 3.58. The first-order valence-corrected chi connectivity index (χ1v) is 13.8. The molecular formula is C29H37FN6O2. The first kappa shape index (κ1) is 26.3. The Morgan fingerprint density at radius 3 is 2.61 bits per heavy atom. The van der Waals surface area contributed by atoms with Crippen LogP contribution in [0.3, 0.4) is 0 Å². The van der Waals surface area contributed by atoms with Crippen molar-refractivity contribution in [2.75, 3.05) is 13.6 Å². The van der Waals surface area contributed by atoms with Gasteiger partial charge in [-0.05, 0) is 76.8 Å². The van der Waals surface area contributed by atoms with Crippen LogP contribution in [0.25, 0.3) is 16.7 Å². The van der Waals surface area contributed by atoms with Crippen molar-refractivity contribution in [1.82, 2.24) is 30.1 Å². The summed E-state index contributed by atoms with van der Waals surface area (Å²) < 4.78 is 15.7. The highest BCUT2D eigenvalue weighted by atomic mass is 19.1. The second-order valence-corrected chi connectivity index (χ2v) is 10.7. The second kappa shape index (κ2) is 11.2. The van der Waals surface area contributed by atoms with Gasteiger partial charge in [0.2, 0.25) is 11.8 Å². The van der Waals surface area contributed by atoms with Gasteiger partial charge in [0, 0.05) is 24.2 Å².